The zero-order valence-corrected chi connectivity index (χ0v) is 12.6. The van der Waals surface area contributed by atoms with Gasteiger partial charge in [0.2, 0.25) is 0 Å². The number of esters is 1. The quantitative estimate of drug-likeness (QED) is 0.550. The van der Waals surface area contributed by atoms with Crippen LogP contribution in [0.3, 0.4) is 0 Å². The number of hydrogen-bond acceptors (Lipinski definition) is 2. The second kappa shape index (κ2) is 4.62. The van der Waals surface area contributed by atoms with Gasteiger partial charge < -0.3 is 4.74 Å². The van der Waals surface area contributed by atoms with Crippen molar-refractivity contribution in [1.82, 2.24) is 0 Å². The summed E-state index contributed by atoms with van der Waals surface area (Å²) in [6.07, 6.45) is 0.492. The van der Waals surface area contributed by atoms with Crippen LogP contribution in [-0.2, 0) is 9.53 Å². The minimum absolute atomic E-state index is 0.0418. The Balaban J connectivity index is 4.68. The maximum absolute atomic E-state index is 11.3. The van der Waals surface area contributed by atoms with Gasteiger partial charge in [-0.2, -0.15) is 0 Å². The van der Waals surface area contributed by atoms with Gasteiger partial charge in [-0.3, -0.25) is 4.79 Å². The summed E-state index contributed by atoms with van der Waals surface area (Å²) in [6, 6.07) is 0. The summed E-state index contributed by atoms with van der Waals surface area (Å²) in [4.78, 5) is 11.3. The Morgan fingerprint density at radius 1 is 1.07 bits per heavy atom. The molecule has 0 aliphatic rings. The van der Waals surface area contributed by atoms with E-state index in [4.69, 9.17) is 4.74 Å². The molecule has 0 unspecified atom stereocenters. The molecule has 84 valence electrons. The maximum atomic E-state index is 11.3. The Kier molecular flexibility index (Phi) is 4.58. The fourth-order valence-corrected chi connectivity index (χ4v) is 13.2. The number of carbonyl (C=O) groups excluding carboxylic acids is 1. The molecular formula is C10H24O2Si2. The molecule has 2 nitrogen and oxygen atoms in total. The van der Waals surface area contributed by atoms with Crippen LogP contribution in [0.5, 0.6) is 0 Å². The summed E-state index contributed by atoms with van der Waals surface area (Å²) in [7, 11) is -2.76. The van der Waals surface area contributed by atoms with E-state index in [-0.39, 0.29) is 11.3 Å². The fraction of sp³-hybridized carbons (Fsp3) is 0.900. The molecule has 0 saturated heterocycles. The normalized spacial score (nSPS) is 13.1. The molecule has 0 rings (SSSR count). The highest BCUT2D eigenvalue weighted by Gasteiger charge is 2.40. The molecule has 0 atom stereocenters. The molecule has 0 aromatic rings. The molecule has 0 bridgehead atoms. The first-order valence-electron chi connectivity index (χ1n) is 5.28. The Morgan fingerprint density at radius 3 is 1.64 bits per heavy atom. The van der Waals surface area contributed by atoms with Crippen molar-refractivity contribution in [3.63, 3.8) is 0 Å². The van der Waals surface area contributed by atoms with Crippen LogP contribution in [0, 0.1) is 0 Å². The minimum Gasteiger partial charge on any atom is -0.470 e. The topological polar surface area (TPSA) is 26.3 Å². The molecule has 0 aliphatic heterocycles. The van der Waals surface area contributed by atoms with Crippen LogP contribution in [-0.4, -0.2) is 27.5 Å². The lowest BCUT2D eigenvalue weighted by atomic mass is 10.5. The van der Waals surface area contributed by atoms with Crippen LogP contribution in [0.2, 0.25) is 39.3 Å². The van der Waals surface area contributed by atoms with Crippen LogP contribution in [0.25, 0.3) is 0 Å². The molecular weight excluding hydrogens is 208 g/mol. The van der Waals surface area contributed by atoms with E-state index < -0.39 is 16.1 Å². The van der Waals surface area contributed by atoms with Gasteiger partial charge in [-0.1, -0.05) is 46.2 Å². The Bertz CT molecular complexity index is 187. The third-order valence-electron chi connectivity index (χ3n) is 2.11. The summed E-state index contributed by atoms with van der Waals surface area (Å²) >= 11 is 0. The van der Waals surface area contributed by atoms with Gasteiger partial charge in [-0.25, -0.2) is 0 Å². The standard InChI is InChI=1S/C10H24O2Si2/c1-8-9(11)12-10(13(2,3)4)14(5,6)7/h10H,8H2,1-7H3. The molecule has 0 radical (unpaired) electrons. The van der Waals surface area contributed by atoms with Gasteiger partial charge >= 0.3 is 5.97 Å². The van der Waals surface area contributed by atoms with E-state index in [1.54, 1.807) is 0 Å². The molecule has 0 amide bonds. The second-order valence-electron chi connectivity index (χ2n) is 5.96. The lowest BCUT2D eigenvalue weighted by molar-refractivity contribution is -0.143. The minimum atomic E-state index is -1.38. The third kappa shape index (κ3) is 4.42. The predicted octanol–water partition coefficient (Wildman–Crippen LogP) is 3.06. The smallest absolute Gasteiger partial charge is 0.305 e. The number of rotatable bonds is 4. The van der Waals surface area contributed by atoms with E-state index in [0.717, 1.165) is 0 Å². The van der Waals surface area contributed by atoms with Crippen LogP contribution in [0.1, 0.15) is 13.3 Å². The zero-order valence-electron chi connectivity index (χ0n) is 10.6. The summed E-state index contributed by atoms with van der Waals surface area (Å²) in [5, 5.41) is 0.238. The number of ether oxygens (including phenoxy) is 1. The molecule has 0 N–H and O–H groups in total. The number of carbonyl (C=O) groups is 1. The summed E-state index contributed by atoms with van der Waals surface area (Å²) in [5.74, 6) is -0.0418. The molecule has 14 heavy (non-hydrogen) atoms. The van der Waals surface area contributed by atoms with Gasteiger partial charge in [-0.05, 0) is 0 Å². The summed E-state index contributed by atoms with van der Waals surface area (Å²) in [6.45, 7) is 15.5. The maximum Gasteiger partial charge on any atom is 0.305 e. The average molecular weight is 232 g/mol. The van der Waals surface area contributed by atoms with Crippen LogP contribution < -0.4 is 0 Å². The predicted molar refractivity (Wildman–Crippen MR) is 66.9 cm³/mol. The third-order valence-corrected chi connectivity index (χ3v) is 10.7. The van der Waals surface area contributed by atoms with Crippen LogP contribution >= 0.6 is 0 Å². The lowest BCUT2D eigenvalue weighted by Crippen LogP contribution is -2.56. The first-order valence-corrected chi connectivity index (χ1v) is 12.4. The Morgan fingerprint density at radius 2 is 1.43 bits per heavy atom. The average Bonchev–Trinajstić information content (AvgIpc) is 1.95. The fourth-order valence-electron chi connectivity index (χ4n) is 1.87. The highest BCUT2D eigenvalue weighted by atomic mass is 28.4. The monoisotopic (exact) mass is 232 g/mol. The van der Waals surface area contributed by atoms with Crippen LogP contribution in [0.15, 0.2) is 0 Å². The Hall–Kier alpha value is -0.0962. The van der Waals surface area contributed by atoms with E-state index >= 15 is 0 Å². The van der Waals surface area contributed by atoms with Gasteiger partial charge in [0.15, 0.2) is 0 Å². The molecule has 0 spiro atoms. The molecule has 4 heteroatoms. The second-order valence-corrected chi connectivity index (χ2v) is 17.0. The van der Waals surface area contributed by atoms with Crippen LogP contribution in [0.4, 0.5) is 0 Å². The highest BCUT2D eigenvalue weighted by Crippen LogP contribution is 2.22. The lowest BCUT2D eigenvalue weighted by Gasteiger charge is -2.37. The highest BCUT2D eigenvalue weighted by molar-refractivity contribution is 6.96. The van der Waals surface area contributed by atoms with E-state index in [1.807, 2.05) is 6.92 Å². The molecule has 0 aromatic carbocycles. The van der Waals surface area contributed by atoms with Crippen molar-refractivity contribution in [3.05, 3.63) is 0 Å². The van der Waals surface area contributed by atoms with E-state index in [1.165, 1.54) is 0 Å². The van der Waals surface area contributed by atoms with Gasteiger partial charge in [-0.15, -0.1) is 0 Å². The van der Waals surface area contributed by atoms with Crippen molar-refractivity contribution >= 4 is 22.1 Å². The zero-order chi connectivity index (χ0) is 11.6. The van der Waals surface area contributed by atoms with Crippen molar-refractivity contribution in [2.75, 3.05) is 0 Å². The van der Waals surface area contributed by atoms with Crippen molar-refractivity contribution in [2.45, 2.75) is 58.0 Å². The van der Waals surface area contributed by atoms with E-state index in [2.05, 4.69) is 39.3 Å². The van der Waals surface area contributed by atoms with Crippen molar-refractivity contribution < 1.29 is 9.53 Å². The molecule has 0 heterocycles. The number of hydrogen-bond donors (Lipinski definition) is 0. The first-order chi connectivity index (χ1) is 6.09. The molecule has 0 fully saturated rings. The van der Waals surface area contributed by atoms with Gasteiger partial charge in [0.1, 0.15) is 0 Å². The van der Waals surface area contributed by atoms with Crippen molar-refractivity contribution in [2.24, 2.45) is 0 Å². The van der Waals surface area contributed by atoms with Gasteiger partial charge in [0.25, 0.3) is 0 Å². The largest absolute Gasteiger partial charge is 0.470 e. The Labute approximate surface area is 90.1 Å². The van der Waals surface area contributed by atoms with Crippen molar-refractivity contribution in [1.29, 1.82) is 0 Å². The van der Waals surface area contributed by atoms with E-state index in [9.17, 15) is 4.79 Å². The summed E-state index contributed by atoms with van der Waals surface area (Å²) < 4.78 is 5.61. The summed E-state index contributed by atoms with van der Waals surface area (Å²) in [5.41, 5.74) is 0. The molecule has 0 saturated carbocycles. The van der Waals surface area contributed by atoms with Crippen molar-refractivity contribution in [3.8, 4) is 0 Å². The molecule has 0 aliphatic carbocycles. The SMILES string of the molecule is CCC(=O)OC([Si](C)(C)C)[Si](C)(C)C. The van der Waals surface area contributed by atoms with Gasteiger partial charge in [0, 0.05) is 6.42 Å². The molecule has 0 aromatic heterocycles. The van der Waals surface area contributed by atoms with E-state index in [0.29, 0.717) is 6.42 Å². The van der Waals surface area contributed by atoms with Gasteiger partial charge in [0.05, 0.1) is 21.5 Å². The first kappa shape index (κ1) is 13.9.